The van der Waals surface area contributed by atoms with Gasteiger partial charge in [0.1, 0.15) is 12.1 Å². The minimum absolute atomic E-state index is 0.756. The molecule has 5 heteroatoms. The lowest BCUT2D eigenvalue weighted by Crippen LogP contribution is -2.21. The standard InChI is InChI=1S/C12H16N4O/c1-13-5-11-6-14-9-15-12(11)16(2)7-10-3-4-17-8-10/h3-4,6,8-9,13H,5,7H2,1-2H3. The summed E-state index contributed by atoms with van der Waals surface area (Å²) in [6.07, 6.45) is 6.83. The minimum atomic E-state index is 0.756. The quantitative estimate of drug-likeness (QED) is 0.845. The van der Waals surface area contributed by atoms with E-state index in [1.165, 1.54) is 0 Å². The highest BCUT2D eigenvalue weighted by atomic mass is 16.3. The summed E-state index contributed by atoms with van der Waals surface area (Å²) in [4.78, 5) is 10.5. The molecule has 0 aromatic carbocycles. The minimum Gasteiger partial charge on any atom is -0.472 e. The van der Waals surface area contributed by atoms with Gasteiger partial charge in [0, 0.05) is 37.5 Å². The molecule has 5 nitrogen and oxygen atoms in total. The molecule has 0 aliphatic rings. The van der Waals surface area contributed by atoms with Gasteiger partial charge in [-0.05, 0) is 13.1 Å². The van der Waals surface area contributed by atoms with Crippen LogP contribution in [-0.4, -0.2) is 24.1 Å². The number of rotatable bonds is 5. The highest BCUT2D eigenvalue weighted by Gasteiger charge is 2.09. The third-order valence-electron chi connectivity index (χ3n) is 2.49. The first-order valence-electron chi connectivity index (χ1n) is 5.47. The van der Waals surface area contributed by atoms with Crippen molar-refractivity contribution in [3.05, 3.63) is 42.2 Å². The second-order valence-electron chi connectivity index (χ2n) is 3.89. The van der Waals surface area contributed by atoms with Gasteiger partial charge in [0.25, 0.3) is 0 Å². The molecule has 0 radical (unpaired) electrons. The molecule has 0 aliphatic heterocycles. The maximum atomic E-state index is 5.06. The van der Waals surface area contributed by atoms with Crippen molar-refractivity contribution in [3.8, 4) is 0 Å². The van der Waals surface area contributed by atoms with E-state index < -0.39 is 0 Å². The SMILES string of the molecule is CNCc1cncnc1N(C)Cc1ccoc1. The lowest BCUT2D eigenvalue weighted by Gasteiger charge is -2.19. The van der Waals surface area contributed by atoms with Gasteiger partial charge in [-0.3, -0.25) is 0 Å². The number of hydrogen-bond donors (Lipinski definition) is 1. The van der Waals surface area contributed by atoms with Gasteiger partial charge < -0.3 is 14.6 Å². The molecule has 0 spiro atoms. The Kier molecular flexibility index (Phi) is 3.72. The first-order chi connectivity index (χ1) is 8.31. The molecular formula is C12H16N4O. The smallest absolute Gasteiger partial charge is 0.136 e. The van der Waals surface area contributed by atoms with Crippen molar-refractivity contribution in [1.29, 1.82) is 0 Å². The first kappa shape index (κ1) is 11.6. The van der Waals surface area contributed by atoms with Gasteiger partial charge in [-0.15, -0.1) is 0 Å². The van der Waals surface area contributed by atoms with E-state index in [2.05, 4.69) is 20.2 Å². The van der Waals surface area contributed by atoms with Gasteiger partial charge in [0.15, 0.2) is 0 Å². The Balaban J connectivity index is 2.15. The van der Waals surface area contributed by atoms with Crippen LogP contribution in [0, 0.1) is 0 Å². The van der Waals surface area contributed by atoms with E-state index in [1.807, 2.05) is 26.4 Å². The highest BCUT2D eigenvalue weighted by molar-refractivity contribution is 5.45. The average molecular weight is 232 g/mol. The Morgan fingerprint density at radius 3 is 3.06 bits per heavy atom. The predicted molar refractivity (Wildman–Crippen MR) is 65.6 cm³/mol. The fourth-order valence-corrected chi connectivity index (χ4v) is 1.74. The normalized spacial score (nSPS) is 10.5. The first-order valence-corrected chi connectivity index (χ1v) is 5.47. The molecule has 2 aromatic heterocycles. The zero-order valence-corrected chi connectivity index (χ0v) is 10.1. The lowest BCUT2D eigenvalue weighted by atomic mass is 10.2. The Bertz CT molecular complexity index is 455. The number of furan rings is 1. The topological polar surface area (TPSA) is 54.2 Å². The summed E-state index contributed by atoms with van der Waals surface area (Å²) in [5.41, 5.74) is 2.21. The maximum absolute atomic E-state index is 5.06. The lowest BCUT2D eigenvalue weighted by molar-refractivity contribution is 0.563. The van der Waals surface area contributed by atoms with Crippen molar-refractivity contribution in [2.75, 3.05) is 19.0 Å². The van der Waals surface area contributed by atoms with Crippen molar-refractivity contribution in [3.63, 3.8) is 0 Å². The van der Waals surface area contributed by atoms with Gasteiger partial charge in [-0.25, -0.2) is 9.97 Å². The van der Waals surface area contributed by atoms with Gasteiger partial charge in [0.2, 0.25) is 0 Å². The van der Waals surface area contributed by atoms with E-state index in [4.69, 9.17) is 4.42 Å². The summed E-state index contributed by atoms with van der Waals surface area (Å²) >= 11 is 0. The van der Waals surface area contributed by atoms with Crippen molar-refractivity contribution >= 4 is 5.82 Å². The average Bonchev–Trinajstić information content (AvgIpc) is 2.83. The van der Waals surface area contributed by atoms with Crippen molar-refractivity contribution in [1.82, 2.24) is 15.3 Å². The van der Waals surface area contributed by atoms with Crippen LogP contribution in [0.3, 0.4) is 0 Å². The van der Waals surface area contributed by atoms with Crippen molar-refractivity contribution in [2.24, 2.45) is 0 Å². The van der Waals surface area contributed by atoms with E-state index in [-0.39, 0.29) is 0 Å². The molecule has 2 heterocycles. The van der Waals surface area contributed by atoms with Crippen LogP contribution >= 0.6 is 0 Å². The van der Waals surface area contributed by atoms with Crippen LogP contribution in [-0.2, 0) is 13.1 Å². The molecule has 0 amide bonds. The zero-order valence-electron chi connectivity index (χ0n) is 10.1. The van der Waals surface area contributed by atoms with Crippen LogP contribution in [0.15, 0.2) is 35.5 Å². The van der Waals surface area contributed by atoms with Crippen molar-refractivity contribution < 1.29 is 4.42 Å². The van der Waals surface area contributed by atoms with Crippen LogP contribution in [0.25, 0.3) is 0 Å². The number of aromatic nitrogens is 2. The van der Waals surface area contributed by atoms with E-state index >= 15 is 0 Å². The summed E-state index contributed by atoms with van der Waals surface area (Å²) in [6, 6.07) is 1.95. The molecule has 0 saturated heterocycles. The second-order valence-corrected chi connectivity index (χ2v) is 3.89. The molecular weight excluding hydrogens is 216 g/mol. The van der Waals surface area contributed by atoms with E-state index in [0.29, 0.717) is 0 Å². The van der Waals surface area contributed by atoms with E-state index in [0.717, 1.165) is 30.0 Å². The van der Waals surface area contributed by atoms with Gasteiger partial charge >= 0.3 is 0 Å². The fourth-order valence-electron chi connectivity index (χ4n) is 1.74. The molecule has 2 rings (SSSR count). The summed E-state index contributed by atoms with van der Waals surface area (Å²) in [6.45, 7) is 1.52. The molecule has 0 saturated carbocycles. The monoisotopic (exact) mass is 232 g/mol. The molecule has 2 aromatic rings. The Hall–Kier alpha value is -1.88. The van der Waals surface area contributed by atoms with Crippen LogP contribution < -0.4 is 10.2 Å². The number of nitrogens with zero attached hydrogens (tertiary/aromatic N) is 3. The molecule has 90 valence electrons. The summed E-state index contributed by atoms with van der Waals surface area (Å²) < 4.78 is 5.06. The third kappa shape index (κ3) is 2.82. The van der Waals surface area contributed by atoms with E-state index in [1.54, 1.807) is 18.9 Å². The highest BCUT2D eigenvalue weighted by Crippen LogP contribution is 2.17. The number of hydrogen-bond acceptors (Lipinski definition) is 5. The number of nitrogens with one attached hydrogen (secondary N) is 1. The van der Waals surface area contributed by atoms with Crippen LogP contribution in [0.4, 0.5) is 5.82 Å². The Labute approximate surface area is 100 Å². The van der Waals surface area contributed by atoms with Gasteiger partial charge in [-0.1, -0.05) is 0 Å². The van der Waals surface area contributed by atoms with E-state index in [9.17, 15) is 0 Å². The Morgan fingerprint density at radius 1 is 1.47 bits per heavy atom. The second kappa shape index (κ2) is 5.45. The van der Waals surface area contributed by atoms with Gasteiger partial charge in [-0.2, -0.15) is 0 Å². The van der Waals surface area contributed by atoms with Gasteiger partial charge in [0.05, 0.1) is 12.5 Å². The molecule has 17 heavy (non-hydrogen) atoms. The third-order valence-corrected chi connectivity index (χ3v) is 2.49. The fraction of sp³-hybridized carbons (Fsp3) is 0.333. The van der Waals surface area contributed by atoms with Crippen LogP contribution in [0.1, 0.15) is 11.1 Å². The summed E-state index contributed by atoms with van der Waals surface area (Å²) in [5, 5.41) is 3.11. The largest absolute Gasteiger partial charge is 0.472 e. The maximum Gasteiger partial charge on any atom is 0.136 e. The Morgan fingerprint density at radius 2 is 2.35 bits per heavy atom. The summed E-state index contributed by atoms with van der Waals surface area (Å²) in [7, 11) is 3.92. The molecule has 0 unspecified atom stereocenters. The van der Waals surface area contributed by atoms with Crippen LogP contribution in [0.5, 0.6) is 0 Å². The molecule has 0 fully saturated rings. The predicted octanol–water partition coefficient (Wildman–Crippen LogP) is 1.43. The molecule has 0 aliphatic carbocycles. The van der Waals surface area contributed by atoms with Crippen LogP contribution in [0.2, 0.25) is 0 Å². The summed E-state index contributed by atoms with van der Waals surface area (Å²) in [5.74, 6) is 0.940. The zero-order chi connectivity index (χ0) is 12.1. The van der Waals surface area contributed by atoms with Crippen molar-refractivity contribution in [2.45, 2.75) is 13.1 Å². The number of anilines is 1. The molecule has 0 atom stereocenters. The molecule has 1 N–H and O–H groups in total. The molecule has 0 bridgehead atoms.